The largest absolute Gasteiger partial charge is 0.493 e. The Morgan fingerprint density at radius 2 is 1.96 bits per heavy atom. The molecular weight excluding hydrogens is 368 g/mol. The van der Waals surface area contributed by atoms with E-state index < -0.39 is 5.91 Å². The van der Waals surface area contributed by atoms with Gasteiger partial charge in [0.05, 0.1) is 13.7 Å². The summed E-state index contributed by atoms with van der Waals surface area (Å²) in [4.78, 5) is 34.0. The summed E-state index contributed by atoms with van der Waals surface area (Å²) in [6, 6.07) is 3.05. The van der Waals surface area contributed by atoms with Crippen LogP contribution in [0.15, 0.2) is 16.6 Å². The summed E-state index contributed by atoms with van der Waals surface area (Å²) in [5.41, 5.74) is 0.375. The Hall–Kier alpha value is -2.09. The van der Waals surface area contributed by atoms with Crippen LogP contribution in [0.5, 0.6) is 11.5 Å². The molecule has 1 aromatic rings. The summed E-state index contributed by atoms with van der Waals surface area (Å²) < 4.78 is 11.0. The minimum Gasteiger partial charge on any atom is -0.493 e. The van der Waals surface area contributed by atoms with Crippen molar-refractivity contribution in [3.63, 3.8) is 0 Å². The lowest BCUT2D eigenvalue weighted by atomic mass is 10.2. The molecule has 0 heterocycles. The third-order valence-electron chi connectivity index (χ3n) is 2.79. The van der Waals surface area contributed by atoms with Crippen LogP contribution in [0.3, 0.4) is 0 Å². The van der Waals surface area contributed by atoms with Gasteiger partial charge in [0.25, 0.3) is 5.91 Å². The van der Waals surface area contributed by atoms with Crippen molar-refractivity contribution in [3.8, 4) is 11.5 Å². The number of nitrogens with one attached hydrogen (secondary N) is 2. The molecule has 0 fully saturated rings. The fourth-order valence-electron chi connectivity index (χ4n) is 1.61. The second kappa shape index (κ2) is 9.83. The summed E-state index contributed by atoms with van der Waals surface area (Å²) in [7, 11) is 1.45. The van der Waals surface area contributed by atoms with Crippen LogP contribution in [0, 0.1) is 0 Å². The van der Waals surface area contributed by atoms with E-state index in [4.69, 9.17) is 9.47 Å². The van der Waals surface area contributed by atoms with Crippen molar-refractivity contribution in [1.82, 2.24) is 10.6 Å². The number of rotatable bonds is 9. The molecule has 2 N–H and O–H groups in total. The summed E-state index contributed by atoms with van der Waals surface area (Å²) in [6.45, 7) is 2.10. The molecule has 0 saturated heterocycles. The maximum Gasteiger partial charge on any atom is 0.258 e. The van der Waals surface area contributed by atoms with E-state index in [1.165, 1.54) is 13.2 Å². The van der Waals surface area contributed by atoms with Crippen molar-refractivity contribution < 1.29 is 23.9 Å². The normalized spacial score (nSPS) is 9.87. The molecule has 2 amide bonds. The Balaban J connectivity index is 2.55. The van der Waals surface area contributed by atoms with Crippen molar-refractivity contribution in [1.29, 1.82) is 0 Å². The molecule has 0 radical (unpaired) electrons. The third-order valence-corrected chi connectivity index (χ3v) is 3.47. The fourth-order valence-corrected chi connectivity index (χ4v) is 2.03. The molecular formula is C15H19BrN2O5. The molecule has 0 saturated carbocycles. The van der Waals surface area contributed by atoms with Crippen LogP contribution >= 0.6 is 15.9 Å². The maximum atomic E-state index is 11.7. The quantitative estimate of drug-likeness (QED) is 0.623. The van der Waals surface area contributed by atoms with Crippen LogP contribution in [-0.4, -0.2) is 44.9 Å². The van der Waals surface area contributed by atoms with Gasteiger partial charge in [-0.2, -0.15) is 0 Å². The van der Waals surface area contributed by atoms with Gasteiger partial charge in [0.15, 0.2) is 24.4 Å². The molecule has 126 valence electrons. The maximum absolute atomic E-state index is 11.7. The Morgan fingerprint density at radius 3 is 2.57 bits per heavy atom. The van der Waals surface area contributed by atoms with Crippen LogP contribution < -0.4 is 20.1 Å². The van der Waals surface area contributed by atoms with Gasteiger partial charge in [0.2, 0.25) is 5.91 Å². The lowest BCUT2D eigenvalue weighted by molar-refractivity contribution is -0.127. The van der Waals surface area contributed by atoms with Gasteiger partial charge in [-0.05, 0) is 34.5 Å². The average Bonchev–Trinajstić information content (AvgIpc) is 2.56. The SMILES string of the molecule is CCCNC(=O)CNC(=O)COc1cc(C=O)c(Br)cc1OC. The van der Waals surface area contributed by atoms with Gasteiger partial charge in [-0.15, -0.1) is 0 Å². The number of hydrogen-bond acceptors (Lipinski definition) is 5. The third kappa shape index (κ3) is 6.27. The topological polar surface area (TPSA) is 93.7 Å². The Morgan fingerprint density at radius 1 is 1.22 bits per heavy atom. The molecule has 0 aliphatic carbocycles. The van der Waals surface area contributed by atoms with Crippen LogP contribution in [0.4, 0.5) is 0 Å². The molecule has 0 unspecified atom stereocenters. The van der Waals surface area contributed by atoms with Crippen molar-refractivity contribution in [2.24, 2.45) is 0 Å². The molecule has 7 nitrogen and oxygen atoms in total. The second-order valence-corrected chi connectivity index (χ2v) is 5.41. The van der Waals surface area contributed by atoms with E-state index in [9.17, 15) is 14.4 Å². The molecule has 1 rings (SSSR count). The zero-order valence-corrected chi connectivity index (χ0v) is 14.6. The van der Waals surface area contributed by atoms with Gasteiger partial charge in [0.1, 0.15) is 0 Å². The number of carbonyl (C=O) groups is 3. The minimum absolute atomic E-state index is 0.112. The van der Waals surface area contributed by atoms with E-state index in [1.807, 2.05) is 6.92 Å². The van der Waals surface area contributed by atoms with E-state index >= 15 is 0 Å². The number of ether oxygens (including phenoxy) is 2. The molecule has 0 aliphatic rings. The van der Waals surface area contributed by atoms with E-state index in [2.05, 4.69) is 26.6 Å². The van der Waals surface area contributed by atoms with Gasteiger partial charge in [-0.25, -0.2) is 0 Å². The molecule has 8 heteroatoms. The zero-order chi connectivity index (χ0) is 17.2. The van der Waals surface area contributed by atoms with E-state index in [1.54, 1.807) is 6.07 Å². The number of amides is 2. The summed E-state index contributed by atoms with van der Waals surface area (Å²) >= 11 is 3.23. The second-order valence-electron chi connectivity index (χ2n) is 4.56. The van der Waals surface area contributed by atoms with Crippen LogP contribution in [0.25, 0.3) is 0 Å². The standard InChI is InChI=1S/C15H19BrN2O5/c1-3-4-17-14(20)7-18-15(21)9-23-13-5-10(8-19)11(16)6-12(13)22-2/h5-6,8H,3-4,7,9H2,1-2H3,(H,17,20)(H,18,21). The Kier molecular flexibility index (Phi) is 8.10. The van der Waals surface area contributed by atoms with Crippen molar-refractivity contribution in [2.75, 3.05) is 26.8 Å². The molecule has 23 heavy (non-hydrogen) atoms. The summed E-state index contributed by atoms with van der Waals surface area (Å²) in [5, 5.41) is 5.09. The lowest BCUT2D eigenvalue weighted by Crippen LogP contribution is -2.39. The van der Waals surface area contributed by atoms with Gasteiger partial charge >= 0.3 is 0 Å². The number of carbonyl (C=O) groups excluding carboxylic acids is 3. The number of aldehydes is 1. The highest BCUT2D eigenvalue weighted by Crippen LogP contribution is 2.32. The molecule has 0 atom stereocenters. The highest BCUT2D eigenvalue weighted by Gasteiger charge is 2.12. The van der Waals surface area contributed by atoms with Gasteiger partial charge in [0, 0.05) is 16.6 Å². The molecule has 0 bridgehead atoms. The fraction of sp³-hybridized carbons (Fsp3) is 0.400. The Labute approximate surface area is 142 Å². The molecule has 0 spiro atoms. The van der Waals surface area contributed by atoms with Crippen molar-refractivity contribution in [2.45, 2.75) is 13.3 Å². The number of hydrogen-bond donors (Lipinski definition) is 2. The smallest absolute Gasteiger partial charge is 0.258 e. The van der Waals surface area contributed by atoms with Crippen LogP contribution in [0.2, 0.25) is 0 Å². The highest BCUT2D eigenvalue weighted by molar-refractivity contribution is 9.10. The summed E-state index contributed by atoms with van der Waals surface area (Å²) in [5.74, 6) is -0.0571. The molecule has 1 aromatic carbocycles. The van der Waals surface area contributed by atoms with Gasteiger partial charge in [-0.3, -0.25) is 14.4 Å². The average molecular weight is 387 g/mol. The van der Waals surface area contributed by atoms with Gasteiger partial charge < -0.3 is 20.1 Å². The summed E-state index contributed by atoms with van der Waals surface area (Å²) in [6.07, 6.45) is 1.49. The van der Waals surface area contributed by atoms with Crippen molar-refractivity contribution >= 4 is 34.0 Å². The van der Waals surface area contributed by atoms with E-state index in [-0.39, 0.29) is 24.8 Å². The number of halogens is 1. The predicted molar refractivity (Wildman–Crippen MR) is 87.9 cm³/mol. The number of benzene rings is 1. The monoisotopic (exact) mass is 386 g/mol. The van der Waals surface area contributed by atoms with Crippen molar-refractivity contribution in [3.05, 3.63) is 22.2 Å². The van der Waals surface area contributed by atoms with Crippen LogP contribution in [0.1, 0.15) is 23.7 Å². The predicted octanol–water partition coefficient (Wildman–Crippen LogP) is 1.29. The van der Waals surface area contributed by atoms with Gasteiger partial charge in [-0.1, -0.05) is 6.92 Å². The zero-order valence-electron chi connectivity index (χ0n) is 13.0. The van der Waals surface area contributed by atoms with Crippen LogP contribution in [-0.2, 0) is 9.59 Å². The Bertz CT molecular complexity index is 577. The first kappa shape index (κ1) is 19.0. The first-order valence-electron chi connectivity index (χ1n) is 7.00. The minimum atomic E-state index is -0.450. The lowest BCUT2D eigenvalue weighted by Gasteiger charge is -2.12. The number of methoxy groups -OCH3 is 1. The van der Waals surface area contributed by atoms with E-state index in [0.717, 1.165) is 6.42 Å². The van der Waals surface area contributed by atoms with E-state index in [0.29, 0.717) is 28.6 Å². The molecule has 0 aliphatic heterocycles. The first-order chi connectivity index (χ1) is 11.0. The molecule has 0 aromatic heterocycles. The first-order valence-corrected chi connectivity index (χ1v) is 7.80. The highest BCUT2D eigenvalue weighted by atomic mass is 79.9.